The summed E-state index contributed by atoms with van der Waals surface area (Å²) in [5.74, 6) is -3.19. The Hall–Kier alpha value is -3.27. The lowest BCUT2D eigenvalue weighted by atomic mass is 9.70. The van der Waals surface area contributed by atoms with E-state index in [-0.39, 0.29) is 44.2 Å². The summed E-state index contributed by atoms with van der Waals surface area (Å²) in [4.78, 5) is 40.6. The van der Waals surface area contributed by atoms with Crippen LogP contribution in [0, 0.1) is 23.7 Å². The number of aliphatic hydroxyl groups excluding tert-OH is 1. The minimum Gasteiger partial charge on any atom is -0.466 e. The number of nitrogens with one attached hydrogen (secondary N) is 1. The molecule has 2 heterocycles. The minimum absolute atomic E-state index is 0.00788. The van der Waals surface area contributed by atoms with Gasteiger partial charge in [0.15, 0.2) is 0 Å². The summed E-state index contributed by atoms with van der Waals surface area (Å²) in [5, 5.41) is 20.5. The molecule has 32 heavy (non-hydrogen) atoms. The van der Waals surface area contributed by atoms with Crippen LogP contribution in [0.25, 0.3) is 11.0 Å². The molecule has 1 fully saturated rings. The van der Waals surface area contributed by atoms with Crippen molar-refractivity contribution >= 4 is 28.8 Å². The Kier molecular flexibility index (Phi) is 6.22. The van der Waals surface area contributed by atoms with Crippen molar-refractivity contribution in [3.8, 4) is 0 Å². The van der Waals surface area contributed by atoms with E-state index < -0.39 is 29.8 Å². The topological polar surface area (TPSA) is 127 Å². The maximum Gasteiger partial charge on any atom is 0.310 e. The van der Waals surface area contributed by atoms with E-state index >= 15 is 0 Å². The second-order valence-electron chi connectivity index (χ2n) is 8.10. The van der Waals surface area contributed by atoms with Crippen LogP contribution in [0.15, 0.2) is 36.4 Å². The van der Waals surface area contributed by atoms with Crippen LogP contribution in [0.4, 0.5) is 0 Å². The Balaban J connectivity index is 1.58. The molecule has 1 saturated heterocycles. The summed E-state index contributed by atoms with van der Waals surface area (Å²) < 4.78 is 6.79. The first-order chi connectivity index (χ1) is 15.5. The zero-order valence-electron chi connectivity index (χ0n) is 18.0. The van der Waals surface area contributed by atoms with E-state index in [4.69, 9.17) is 4.74 Å². The molecule has 10 nitrogen and oxygen atoms in total. The first-order valence-electron chi connectivity index (χ1n) is 10.8. The normalized spacial score (nSPS) is 26.9. The van der Waals surface area contributed by atoms with Crippen LogP contribution < -0.4 is 5.32 Å². The lowest BCUT2D eigenvalue weighted by Gasteiger charge is -2.32. The lowest BCUT2D eigenvalue weighted by Crippen LogP contribution is -2.48. The van der Waals surface area contributed by atoms with Gasteiger partial charge in [-0.15, -0.1) is 5.10 Å². The molecular weight excluding hydrogens is 414 g/mol. The molecular formula is C22H27N5O5. The van der Waals surface area contributed by atoms with Crippen LogP contribution in [0.2, 0.25) is 0 Å². The number of fused-ring (bicyclic) bond motifs is 2. The van der Waals surface area contributed by atoms with E-state index in [1.165, 1.54) is 4.90 Å². The zero-order valence-corrected chi connectivity index (χ0v) is 18.0. The van der Waals surface area contributed by atoms with Gasteiger partial charge in [0.2, 0.25) is 11.8 Å². The van der Waals surface area contributed by atoms with Crippen molar-refractivity contribution in [3.05, 3.63) is 36.4 Å². The van der Waals surface area contributed by atoms with Crippen molar-refractivity contribution in [1.29, 1.82) is 0 Å². The number of aromatic nitrogens is 3. The highest BCUT2D eigenvalue weighted by Gasteiger charge is 2.56. The molecule has 0 radical (unpaired) electrons. The smallest absolute Gasteiger partial charge is 0.310 e. The first-order valence-corrected chi connectivity index (χ1v) is 10.8. The summed E-state index contributed by atoms with van der Waals surface area (Å²) in [6.07, 6.45) is 3.71. The molecule has 2 amide bonds. The van der Waals surface area contributed by atoms with Gasteiger partial charge >= 0.3 is 5.97 Å². The van der Waals surface area contributed by atoms with Gasteiger partial charge in [0, 0.05) is 12.5 Å². The van der Waals surface area contributed by atoms with Crippen LogP contribution in [0.3, 0.4) is 0 Å². The third-order valence-electron chi connectivity index (χ3n) is 6.27. The summed E-state index contributed by atoms with van der Waals surface area (Å²) >= 11 is 0. The van der Waals surface area contributed by atoms with Crippen LogP contribution in [0.1, 0.15) is 13.8 Å². The zero-order chi connectivity index (χ0) is 22.8. The molecule has 1 aromatic carbocycles. The van der Waals surface area contributed by atoms with Crippen molar-refractivity contribution in [2.24, 2.45) is 23.7 Å². The van der Waals surface area contributed by atoms with Gasteiger partial charge in [-0.25, -0.2) is 4.68 Å². The van der Waals surface area contributed by atoms with E-state index in [1.54, 1.807) is 11.6 Å². The number of carbonyl (C=O) groups is 3. The predicted octanol–water partition coefficient (Wildman–Crippen LogP) is 0.326. The average Bonchev–Trinajstić information content (AvgIpc) is 3.32. The van der Waals surface area contributed by atoms with Crippen molar-refractivity contribution in [1.82, 2.24) is 25.2 Å². The molecule has 0 spiro atoms. The predicted molar refractivity (Wildman–Crippen MR) is 114 cm³/mol. The number of benzene rings is 1. The van der Waals surface area contributed by atoms with Crippen LogP contribution in [-0.2, 0) is 25.8 Å². The van der Waals surface area contributed by atoms with Crippen molar-refractivity contribution in [2.75, 3.05) is 19.8 Å². The second-order valence-corrected chi connectivity index (χ2v) is 8.10. The highest BCUT2D eigenvalue weighted by atomic mass is 16.5. The largest absolute Gasteiger partial charge is 0.466 e. The number of carbonyl (C=O) groups excluding carboxylic acids is 3. The van der Waals surface area contributed by atoms with Gasteiger partial charge in [0.25, 0.3) is 0 Å². The summed E-state index contributed by atoms with van der Waals surface area (Å²) in [6, 6.07) is 6.55. The number of para-hydroxylation sites is 1. The fourth-order valence-electron chi connectivity index (χ4n) is 4.83. The Morgan fingerprint density at radius 1 is 1.25 bits per heavy atom. The van der Waals surface area contributed by atoms with Crippen molar-refractivity contribution in [3.63, 3.8) is 0 Å². The standard InChI is InChI=1S/C22H27N5O5/c1-3-32-22(31)17-13(2)8-9-14-18(17)21(30)26(10-11-28)19(14)20(29)23-12-27-16-7-5-4-6-15(16)24-25-27/h4-9,13-14,17-19,28H,3,10-12H2,1-2H3,(H,23,29)/t13-,14+,17-,18+,19+/m1/s1. The van der Waals surface area contributed by atoms with Crippen molar-refractivity contribution in [2.45, 2.75) is 26.6 Å². The number of hydrogen-bond acceptors (Lipinski definition) is 7. The van der Waals surface area contributed by atoms with Gasteiger partial charge in [-0.2, -0.15) is 0 Å². The van der Waals surface area contributed by atoms with Crippen LogP contribution >= 0.6 is 0 Å². The highest BCUT2D eigenvalue weighted by Crippen LogP contribution is 2.44. The number of aliphatic hydroxyl groups is 1. The molecule has 1 aromatic heterocycles. The summed E-state index contributed by atoms with van der Waals surface area (Å²) in [5.41, 5.74) is 1.48. The number of allylic oxidation sites excluding steroid dienone is 1. The molecule has 0 bridgehead atoms. The number of hydrogen-bond donors (Lipinski definition) is 2. The quantitative estimate of drug-likeness (QED) is 0.468. The Labute approximate surface area is 185 Å². The maximum atomic E-state index is 13.3. The molecule has 0 unspecified atom stereocenters. The van der Waals surface area contributed by atoms with Gasteiger partial charge in [-0.3, -0.25) is 14.4 Å². The number of rotatable bonds is 7. The second kappa shape index (κ2) is 9.07. The van der Waals surface area contributed by atoms with Gasteiger partial charge in [0.1, 0.15) is 18.2 Å². The Morgan fingerprint density at radius 3 is 2.78 bits per heavy atom. The molecule has 1 aliphatic heterocycles. The summed E-state index contributed by atoms with van der Waals surface area (Å²) in [6.45, 7) is 3.60. The van der Waals surface area contributed by atoms with E-state index in [2.05, 4.69) is 15.6 Å². The average molecular weight is 441 g/mol. The lowest BCUT2D eigenvalue weighted by molar-refractivity contribution is -0.155. The number of amides is 2. The monoisotopic (exact) mass is 441 g/mol. The SMILES string of the molecule is CCOC(=O)[C@H]1[C@H]2C(=O)N(CCO)[C@H](C(=O)NCn3nnc4ccccc43)[C@H]2C=C[C@H]1C. The number of esters is 1. The van der Waals surface area contributed by atoms with Gasteiger partial charge in [-0.05, 0) is 25.0 Å². The Morgan fingerprint density at radius 2 is 2.03 bits per heavy atom. The molecule has 0 saturated carbocycles. The summed E-state index contributed by atoms with van der Waals surface area (Å²) in [7, 11) is 0. The Bertz CT molecular complexity index is 1050. The molecule has 4 rings (SSSR count). The third-order valence-corrected chi connectivity index (χ3v) is 6.27. The minimum atomic E-state index is -0.838. The van der Waals surface area contributed by atoms with E-state index in [1.807, 2.05) is 43.3 Å². The van der Waals surface area contributed by atoms with Crippen LogP contribution in [0.5, 0.6) is 0 Å². The molecule has 1 aliphatic carbocycles. The maximum absolute atomic E-state index is 13.3. The van der Waals surface area contributed by atoms with E-state index in [0.29, 0.717) is 5.52 Å². The molecule has 2 aromatic rings. The number of ether oxygens (including phenoxy) is 1. The molecule has 2 N–H and O–H groups in total. The van der Waals surface area contributed by atoms with Crippen molar-refractivity contribution < 1.29 is 24.2 Å². The first kappa shape index (κ1) is 21.9. The fourth-order valence-corrected chi connectivity index (χ4v) is 4.83. The molecule has 170 valence electrons. The molecule has 10 heteroatoms. The molecule has 5 atom stereocenters. The van der Waals surface area contributed by atoms with Crippen LogP contribution in [-0.4, -0.2) is 68.6 Å². The number of nitrogens with zero attached hydrogens (tertiary/aromatic N) is 4. The van der Waals surface area contributed by atoms with Gasteiger partial charge in [0.05, 0.1) is 30.6 Å². The van der Waals surface area contributed by atoms with Gasteiger partial charge in [-0.1, -0.05) is 36.4 Å². The van der Waals surface area contributed by atoms with E-state index in [0.717, 1.165) is 5.52 Å². The van der Waals surface area contributed by atoms with E-state index in [9.17, 15) is 19.5 Å². The highest BCUT2D eigenvalue weighted by molar-refractivity contribution is 5.96. The number of β-amino-alcohol motifs (C(OH)–C–C–N with tert-alkyl or cyclic N) is 1. The third kappa shape index (κ3) is 3.75. The van der Waals surface area contributed by atoms with Gasteiger partial charge < -0.3 is 20.1 Å². The fraction of sp³-hybridized carbons (Fsp3) is 0.500. The molecule has 2 aliphatic rings. The number of likely N-dealkylation sites (tertiary alicyclic amines) is 1.